The predicted molar refractivity (Wildman–Crippen MR) is 79.4 cm³/mol. The van der Waals surface area contributed by atoms with Gasteiger partial charge in [0, 0.05) is 17.9 Å². The summed E-state index contributed by atoms with van der Waals surface area (Å²) in [5, 5.41) is 10.8. The highest BCUT2D eigenvalue weighted by Gasteiger charge is 2.29. The Morgan fingerprint density at radius 2 is 1.95 bits per heavy atom. The summed E-state index contributed by atoms with van der Waals surface area (Å²) >= 11 is 3.39. The summed E-state index contributed by atoms with van der Waals surface area (Å²) in [5.74, 6) is -0.00734. The molecule has 0 bridgehead atoms. The molecule has 19 heavy (non-hydrogen) atoms. The highest BCUT2D eigenvalue weighted by atomic mass is 79.9. The van der Waals surface area contributed by atoms with Gasteiger partial charge in [-0.1, -0.05) is 40.9 Å². The quantitative estimate of drug-likeness (QED) is 0.868. The number of nitrogens with zero attached hydrogens (tertiary/aromatic N) is 1. The molecule has 3 nitrogen and oxygen atoms in total. The Kier molecular flexibility index (Phi) is 4.99. The number of hydrogen-bond acceptors (Lipinski definition) is 2. The van der Waals surface area contributed by atoms with Crippen molar-refractivity contribution in [1.29, 1.82) is 0 Å². The molecule has 1 N–H and O–H groups in total. The molecule has 2 unspecified atom stereocenters. The summed E-state index contributed by atoms with van der Waals surface area (Å²) in [6, 6.07) is 7.56. The molecule has 1 amide bonds. The van der Waals surface area contributed by atoms with E-state index in [-0.39, 0.29) is 18.1 Å². The van der Waals surface area contributed by atoms with Crippen LogP contribution in [0.25, 0.3) is 0 Å². The van der Waals surface area contributed by atoms with Gasteiger partial charge in [-0.3, -0.25) is 4.79 Å². The van der Waals surface area contributed by atoms with Crippen LogP contribution in [-0.4, -0.2) is 35.1 Å². The van der Waals surface area contributed by atoms with Gasteiger partial charge in [-0.2, -0.15) is 0 Å². The second kappa shape index (κ2) is 6.53. The van der Waals surface area contributed by atoms with Crippen molar-refractivity contribution >= 4 is 21.8 Å². The van der Waals surface area contributed by atoms with Gasteiger partial charge < -0.3 is 10.0 Å². The molecule has 2 atom stereocenters. The van der Waals surface area contributed by atoms with E-state index in [1.807, 2.05) is 24.3 Å². The molecule has 0 aromatic heterocycles. The van der Waals surface area contributed by atoms with Crippen LogP contribution >= 0.6 is 15.9 Å². The molecule has 104 valence electrons. The van der Waals surface area contributed by atoms with Crippen LogP contribution in [0.4, 0.5) is 0 Å². The second-order valence-electron chi connectivity index (χ2n) is 5.17. The maximum absolute atomic E-state index is 12.4. The number of carbonyl (C=O) groups is 1. The highest BCUT2D eigenvalue weighted by Crippen LogP contribution is 2.23. The molecule has 1 fully saturated rings. The molecule has 4 heteroatoms. The molecule has 2 rings (SSSR count). The number of carbonyl (C=O) groups excluding carboxylic acids is 1. The number of hydrogen-bond donors (Lipinski definition) is 1. The monoisotopic (exact) mass is 325 g/mol. The first kappa shape index (κ1) is 14.5. The van der Waals surface area contributed by atoms with E-state index in [2.05, 4.69) is 15.9 Å². The summed E-state index contributed by atoms with van der Waals surface area (Å²) in [6.07, 6.45) is 3.44. The van der Waals surface area contributed by atoms with E-state index >= 15 is 0 Å². The van der Waals surface area contributed by atoms with Crippen LogP contribution in [0, 0.1) is 0 Å². The van der Waals surface area contributed by atoms with Gasteiger partial charge >= 0.3 is 0 Å². The number of rotatable bonds is 3. The third-order valence-electron chi connectivity index (χ3n) is 3.87. The number of alkyl halides is 1. The maximum atomic E-state index is 12.4. The van der Waals surface area contributed by atoms with Gasteiger partial charge in [-0.05, 0) is 30.5 Å². The Labute approximate surface area is 122 Å². The van der Waals surface area contributed by atoms with Gasteiger partial charge in [0.1, 0.15) is 0 Å². The zero-order valence-corrected chi connectivity index (χ0v) is 12.8. The number of aliphatic hydroxyl groups excluding tert-OH is 1. The molecule has 0 aliphatic heterocycles. The molecule has 0 spiro atoms. The zero-order chi connectivity index (χ0) is 13.8. The fraction of sp³-hybridized carbons (Fsp3) is 0.533. The van der Waals surface area contributed by atoms with Crippen LogP contribution < -0.4 is 0 Å². The zero-order valence-electron chi connectivity index (χ0n) is 11.2. The van der Waals surface area contributed by atoms with Gasteiger partial charge in [0.15, 0.2) is 0 Å². The van der Waals surface area contributed by atoms with Crippen molar-refractivity contribution in [1.82, 2.24) is 4.90 Å². The third-order valence-corrected chi connectivity index (χ3v) is 4.51. The summed E-state index contributed by atoms with van der Waals surface area (Å²) in [6.45, 7) is 0. The average molecular weight is 326 g/mol. The Bertz CT molecular complexity index is 432. The standard InChI is InChI=1S/C15H20BrNO2/c1-17(13-4-2-3-5-14(13)18)15(19)12-8-6-11(10-16)7-9-12/h6-9,13-14,18H,2-5,10H2,1H3. The minimum Gasteiger partial charge on any atom is -0.391 e. The van der Waals surface area contributed by atoms with Crippen molar-refractivity contribution in [2.75, 3.05) is 7.05 Å². The van der Waals surface area contributed by atoms with Crippen molar-refractivity contribution < 1.29 is 9.90 Å². The number of benzene rings is 1. The fourth-order valence-corrected chi connectivity index (χ4v) is 3.01. The number of likely N-dealkylation sites (N-methyl/N-ethyl adjacent to an activating group) is 1. The molecule has 1 aliphatic rings. The lowest BCUT2D eigenvalue weighted by Gasteiger charge is -2.35. The first-order valence-corrected chi connectivity index (χ1v) is 7.85. The van der Waals surface area contributed by atoms with Crippen LogP contribution in [-0.2, 0) is 5.33 Å². The van der Waals surface area contributed by atoms with Gasteiger partial charge in [-0.25, -0.2) is 0 Å². The molecule has 0 heterocycles. The van der Waals surface area contributed by atoms with Gasteiger partial charge in [0.05, 0.1) is 12.1 Å². The Hall–Kier alpha value is -0.870. The van der Waals surface area contributed by atoms with E-state index in [9.17, 15) is 9.90 Å². The van der Waals surface area contributed by atoms with Crippen molar-refractivity contribution in [2.24, 2.45) is 0 Å². The van der Waals surface area contributed by atoms with Gasteiger partial charge in [0.2, 0.25) is 0 Å². The SMILES string of the molecule is CN(C(=O)c1ccc(CBr)cc1)C1CCCCC1O. The minimum atomic E-state index is -0.385. The van der Waals surface area contributed by atoms with E-state index in [1.54, 1.807) is 11.9 Å². The maximum Gasteiger partial charge on any atom is 0.253 e. The molecule has 1 aliphatic carbocycles. The molecular weight excluding hydrogens is 306 g/mol. The lowest BCUT2D eigenvalue weighted by atomic mass is 9.91. The Morgan fingerprint density at radius 3 is 2.53 bits per heavy atom. The normalized spacial score (nSPS) is 23.1. The summed E-state index contributed by atoms with van der Waals surface area (Å²) in [4.78, 5) is 14.1. The smallest absolute Gasteiger partial charge is 0.253 e. The summed E-state index contributed by atoms with van der Waals surface area (Å²) in [7, 11) is 1.79. The average Bonchev–Trinajstić information content (AvgIpc) is 2.46. The van der Waals surface area contributed by atoms with Gasteiger partial charge in [-0.15, -0.1) is 0 Å². The molecule has 0 saturated heterocycles. The lowest BCUT2D eigenvalue weighted by molar-refractivity contribution is 0.0268. The first-order valence-electron chi connectivity index (χ1n) is 6.73. The Morgan fingerprint density at radius 1 is 1.32 bits per heavy atom. The number of aliphatic hydroxyl groups is 1. The second-order valence-corrected chi connectivity index (χ2v) is 5.73. The molecule has 1 aromatic carbocycles. The van der Waals surface area contributed by atoms with E-state index in [0.29, 0.717) is 5.56 Å². The molecule has 0 radical (unpaired) electrons. The van der Waals surface area contributed by atoms with Crippen LogP contribution in [0.15, 0.2) is 24.3 Å². The minimum absolute atomic E-state index is 0.00734. The van der Waals surface area contributed by atoms with Crippen molar-refractivity contribution in [2.45, 2.75) is 43.2 Å². The van der Waals surface area contributed by atoms with Crippen LogP contribution in [0.5, 0.6) is 0 Å². The van der Waals surface area contributed by atoms with Crippen molar-refractivity contribution in [3.8, 4) is 0 Å². The van der Waals surface area contributed by atoms with E-state index in [0.717, 1.165) is 36.6 Å². The number of halogens is 1. The molecule has 1 aromatic rings. The van der Waals surface area contributed by atoms with Gasteiger partial charge in [0.25, 0.3) is 5.91 Å². The summed E-state index contributed by atoms with van der Waals surface area (Å²) in [5.41, 5.74) is 1.84. The fourth-order valence-electron chi connectivity index (χ4n) is 2.63. The Balaban J connectivity index is 2.08. The van der Waals surface area contributed by atoms with Crippen molar-refractivity contribution in [3.63, 3.8) is 0 Å². The topological polar surface area (TPSA) is 40.5 Å². The van der Waals surface area contributed by atoms with E-state index in [1.165, 1.54) is 0 Å². The molecule has 1 saturated carbocycles. The van der Waals surface area contributed by atoms with Crippen molar-refractivity contribution in [3.05, 3.63) is 35.4 Å². The van der Waals surface area contributed by atoms with E-state index in [4.69, 9.17) is 0 Å². The molecular formula is C15H20BrNO2. The first-order chi connectivity index (χ1) is 9.13. The van der Waals surface area contributed by atoms with Crippen LogP contribution in [0.2, 0.25) is 0 Å². The summed E-state index contributed by atoms with van der Waals surface area (Å²) < 4.78 is 0. The van der Waals surface area contributed by atoms with E-state index < -0.39 is 0 Å². The largest absolute Gasteiger partial charge is 0.391 e. The third kappa shape index (κ3) is 3.37. The predicted octanol–water partition coefficient (Wildman–Crippen LogP) is 2.96. The lowest BCUT2D eigenvalue weighted by Crippen LogP contribution is -2.46. The number of amides is 1. The van der Waals surface area contributed by atoms with Crippen LogP contribution in [0.1, 0.15) is 41.6 Å². The highest BCUT2D eigenvalue weighted by molar-refractivity contribution is 9.08. The van der Waals surface area contributed by atoms with Crippen LogP contribution in [0.3, 0.4) is 0 Å².